The molecular formula is C20H29NO3Si. The maximum Gasteiger partial charge on any atom is 0.205 e. The Morgan fingerprint density at radius 3 is 2.36 bits per heavy atom. The molecule has 0 saturated carbocycles. The second-order valence-electron chi connectivity index (χ2n) is 8.36. The van der Waals surface area contributed by atoms with Gasteiger partial charge in [0.2, 0.25) is 5.88 Å². The molecule has 4 nitrogen and oxygen atoms in total. The molecule has 3 rings (SSSR count). The van der Waals surface area contributed by atoms with Crippen LogP contribution in [0.1, 0.15) is 26.5 Å². The van der Waals surface area contributed by atoms with Crippen molar-refractivity contribution < 1.29 is 14.3 Å². The monoisotopic (exact) mass is 359 g/mol. The highest BCUT2D eigenvalue weighted by Gasteiger charge is 2.42. The first-order chi connectivity index (χ1) is 11.7. The minimum absolute atomic E-state index is 0.0977. The molecule has 1 unspecified atom stereocenters. The molecule has 2 aromatic rings. The molecule has 1 aromatic carbocycles. The summed E-state index contributed by atoms with van der Waals surface area (Å²) in [5.74, 6) is 1.05. The fraction of sp³-hybridized carbons (Fsp3) is 0.500. The number of fused-ring (bicyclic) bond motifs is 1. The molecular weight excluding hydrogens is 330 g/mol. The lowest BCUT2D eigenvalue weighted by Crippen LogP contribution is -2.44. The summed E-state index contributed by atoms with van der Waals surface area (Å²) in [5.41, 5.74) is 2.67. The average Bonchev–Trinajstić information content (AvgIpc) is 3.04. The van der Waals surface area contributed by atoms with E-state index in [-0.39, 0.29) is 11.1 Å². The number of nitrogens with zero attached hydrogens (tertiary/aromatic N) is 1. The van der Waals surface area contributed by atoms with Gasteiger partial charge in [0, 0.05) is 6.42 Å². The van der Waals surface area contributed by atoms with Crippen LogP contribution in [0.2, 0.25) is 18.1 Å². The van der Waals surface area contributed by atoms with Gasteiger partial charge < -0.3 is 18.8 Å². The summed E-state index contributed by atoms with van der Waals surface area (Å²) in [6.07, 6.45) is 0.821. The van der Waals surface area contributed by atoms with Gasteiger partial charge in [-0.25, -0.2) is 0 Å². The molecule has 0 saturated heterocycles. The van der Waals surface area contributed by atoms with Gasteiger partial charge in [-0.3, -0.25) is 0 Å². The van der Waals surface area contributed by atoms with Gasteiger partial charge in [-0.1, -0.05) is 51.1 Å². The second kappa shape index (κ2) is 6.22. The molecule has 1 aromatic heterocycles. The fourth-order valence-corrected chi connectivity index (χ4v) is 4.61. The number of hydrogen-bond acceptors (Lipinski definition) is 3. The van der Waals surface area contributed by atoms with E-state index in [1.54, 1.807) is 7.11 Å². The molecule has 0 radical (unpaired) electrons. The minimum Gasteiger partial charge on any atom is -0.505 e. The molecule has 1 aliphatic heterocycles. The molecule has 1 N–H and O–H groups in total. The molecule has 0 fully saturated rings. The van der Waals surface area contributed by atoms with Crippen molar-refractivity contribution in [3.8, 4) is 22.8 Å². The van der Waals surface area contributed by atoms with Gasteiger partial charge in [0.25, 0.3) is 0 Å². The quantitative estimate of drug-likeness (QED) is 0.796. The summed E-state index contributed by atoms with van der Waals surface area (Å²) >= 11 is 0. The molecule has 5 heteroatoms. The first kappa shape index (κ1) is 18.1. The van der Waals surface area contributed by atoms with Gasteiger partial charge in [0.15, 0.2) is 8.32 Å². The Hall–Kier alpha value is -1.72. The lowest BCUT2D eigenvalue weighted by atomic mass is 10.1. The van der Waals surface area contributed by atoms with Crippen molar-refractivity contribution in [2.45, 2.75) is 58.0 Å². The van der Waals surface area contributed by atoms with Gasteiger partial charge in [-0.05, 0) is 23.7 Å². The highest BCUT2D eigenvalue weighted by Crippen LogP contribution is 2.47. The van der Waals surface area contributed by atoms with Crippen LogP contribution in [-0.2, 0) is 17.4 Å². The van der Waals surface area contributed by atoms with E-state index >= 15 is 0 Å². The third-order valence-corrected chi connectivity index (χ3v) is 10.2. The van der Waals surface area contributed by atoms with Crippen molar-refractivity contribution in [3.05, 3.63) is 36.0 Å². The molecule has 2 heterocycles. The molecule has 136 valence electrons. The Morgan fingerprint density at radius 2 is 1.80 bits per heavy atom. The van der Waals surface area contributed by atoms with Crippen LogP contribution in [0.3, 0.4) is 0 Å². The van der Waals surface area contributed by atoms with Gasteiger partial charge in [-0.2, -0.15) is 0 Å². The van der Waals surface area contributed by atoms with E-state index in [4.69, 9.17) is 9.16 Å². The predicted octanol–water partition coefficient (Wildman–Crippen LogP) is 4.82. The van der Waals surface area contributed by atoms with Gasteiger partial charge in [0.1, 0.15) is 5.75 Å². The molecule has 25 heavy (non-hydrogen) atoms. The summed E-state index contributed by atoms with van der Waals surface area (Å²) in [4.78, 5) is 0. The summed E-state index contributed by atoms with van der Waals surface area (Å²) in [7, 11) is -0.177. The number of aromatic hydroxyl groups is 1. The smallest absolute Gasteiger partial charge is 0.205 e. The zero-order valence-electron chi connectivity index (χ0n) is 16.1. The van der Waals surface area contributed by atoms with E-state index in [1.165, 1.54) is 0 Å². The zero-order chi connectivity index (χ0) is 18.4. The van der Waals surface area contributed by atoms with Crippen molar-refractivity contribution in [1.82, 2.24) is 4.57 Å². The molecule has 1 atom stereocenters. The SMILES string of the molecule is COc1c(-c2ccccc2)c(O)c2n1CC(O[Si](C)(C)C(C)(C)C)C2. The minimum atomic E-state index is -1.84. The number of methoxy groups -OCH3 is 1. The van der Waals surface area contributed by atoms with E-state index in [0.29, 0.717) is 5.75 Å². The first-order valence-corrected chi connectivity index (χ1v) is 11.8. The highest BCUT2D eigenvalue weighted by molar-refractivity contribution is 6.74. The topological polar surface area (TPSA) is 43.6 Å². The van der Waals surface area contributed by atoms with E-state index in [9.17, 15) is 5.11 Å². The third kappa shape index (κ3) is 3.11. The van der Waals surface area contributed by atoms with Gasteiger partial charge in [0.05, 0.1) is 31.0 Å². The summed E-state index contributed by atoms with van der Waals surface area (Å²) < 4.78 is 14.3. The Balaban J connectivity index is 1.91. The normalized spacial score (nSPS) is 17.6. The van der Waals surface area contributed by atoms with Crippen molar-refractivity contribution in [2.75, 3.05) is 7.11 Å². The molecule has 0 aliphatic carbocycles. The maximum absolute atomic E-state index is 10.8. The predicted molar refractivity (Wildman–Crippen MR) is 104 cm³/mol. The van der Waals surface area contributed by atoms with E-state index in [2.05, 4.69) is 38.4 Å². The number of aromatic nitrogens is 1. The second-order valence-corrected chi connectivity index (χ2v) is 13.1. The van der Waals surface area contributed by atoms with Crippen molar-refractivity contribution in [2.24, 2.45) is 0 Å². The lowest BCUT2D eigenvalue weighted by Gasteiger charge is -2.38. The summed E-state index contributed by atoms with van der Waals surface area (Å²) in [6.45, 7) is 12.0. The Morgan fingerprint density at radius 1 is 1.16 bits per heavy atom. The van der Waals surface area contributed by atoms with Crippen LogP contribution in [0.25, 0.3) is 11.1 Å². The van der Waals surface area contributed by atoms with Crippen LogP contribution in [0.4, 0.5) is 0 Å². The van der Waals surface area contributed by atoms with Gasteiger partial charge >= 0.3 is 0 Å². The van der Waals surface area contributed by atoms with E-state index < -0.39 is 8.32 Å². The van der Waals surface area contributed by atoms with Gasteiger partial charge in [-0.15, -0.1) is 0 Å². The van der Waals surface area contributed by atoms with E-state index in [0.717, 1.165) is 35.7 Å². The average molecular weight is 360 g/mol. The van der Waals surface area contributed by atoms with Crippen LogP contribution in [0.15, 0.2) is 30.3 Å². The zero-order valence-corrected chi connectivity index (χ0v) is 17.1. The van der Waals surface area contributed by atoms with Crippen molar-refractivity contribution in [3.63, 3.8) is 0 Å². The Kier molecular flexibility index (Phi) is 4.50. The van der Waals surface area contributed by atoms with Crippen LogP contribution >= 0.6 is 0 Å². The Labute approximate surface area is 151 Å². The number of ether oxygens (including phenoxy) is 1. The number of hydrogen-bond donors (Lipinski definition) is 1. The summed E-state index contributed by atoms with van der Waals surface area (Å²) in [6, 6.07) is 9.91. The summed E-state index contributed by atoms with van der Waals surface area (Å²) in [5, 5.41) is 11.0. The van der Waals surface area contributed by atoms with Crippen LogP contribution in [-0.4, -0.2) is 31.2 Å². The standard InChI is InChI=1S/C20H29NO3Si/c1-20(2,3)25(5,6)24-15-12-16-18(22)17(14-10-8-7-9-11-14)19(23-4)21(16)13-15/h7-11,15,22H,12-13H2,1-6H3. The largest absolute Gasteiger partial charge is 0.505 e. The number of benzene rings is 1. The Bertz CT molecular complexity index is 759. The lowest BCUT2D eigenvalue weighted by molar-refractivity contribution is 0.178. The van der Waals surface area contributed by atoms with Crippen LogP contribution < -0.4 is 4.74 Å². The maximum atomic E-state index is 10.8. The fourth-order valence-electron chi connectivity index (χ4n) is 3.26. The van der Waals surface area contributed by atoms with Crippen LogP contribution in [0, 0.1) is 0 Å². The molecule has 1 aliphatic rings. The first-order valence-electron chi connectivity index (χ1n) is 8.87. The number of rotatable bonds is 4. The highest BCUT2D eigenvalue weighted by atomic mass is 28.4. The van der Waals surface area contributed by atoms with Crippen molar-refractivity contribution >= 4 is 8.32 Å². The van der Waals surface area contributed by atoms with Crippen molar-refractivity contribution in [1.29, 1.82) is 0 Å². The van der Waals surface area contributed by atoms with Crippen LogP contribution in [0.5, 0.6) is 11.6 Å². The third-order valence-electron chi connectivity index (χ3n) is 5.63. The molecule has 0 amide bonds. The molecule has 0 spiro atoms. The van der Waals surface area contributed by atoms with E-state index in [1.807, 2.05) is 30.3 Å². The molecule has 0 bridgehead atoms.